The molecule has 7 nitrogen and oxygen atoms in total. The van der Waals surface area contributed by atoms with Crippen molar-refractivity contribution in [2.75, 3.05) is 24.9 Å². The molecule has 2 aromatic carbocycles. The molecular weight excluding hydrogens is 344 g/mol. The molecule has 0 atom stereocenters. The van der Waals surface area contributed by atoms with Crippen LogP contribution in [0.4, 0.5) is 17.2 Å². The van der Waals surface area contributed by atoms with Crippen molar-refractivity contribution in [3.05, 3.63) is 66.1 Å². The topological polar surface area (TPSA) is 85.4 Å². The Bertz CT molecular complexity index is 945. The van der Waals surface area contributed by atoms with E-state index in [9.17, 15) is 4.79 Å². The van der Waals surface area contributed by atoms with E-state index in [1.54, 1.807) is 38.3 Å². The molecule has 0 radical (unpaired) electrons. The minimum absolute atomic E-state index is 0.249. The minimum Gasteiger partial charge on any atom is -0.497 e. The fourth-order valence-electron chi connectivity index (χ4n) is 2.51. The lowest BCUT2D eigenvalue weighted by Crippen LogP contribution is -2.16. The van der Waals surface area contributed by atoms with Gasteiger partial charge in [0.1, 0.15) is 28.8 Å². The van der Waals surface area contributed by atoms with Crippen molar-refractivity contribution >= 4 is 23.1 Å². The predicted octanol–water partition coefficient (Wildman–Crippen LogP) is 3.80. The molecule has 0 saturated carbocycles. The predicted molar refractivity (Wildman–Crippen MR) is 104 cm³/mol. The van der Waals surface area contributed by atoms with Crippen LogP contribution in [-0.4, -0.2) is 30.1 Å². The van der Waals surface area contributed by atoms with Crippen LogP contribution in [0.15, 0.2) is 54.6 Å². The third-order valence-corrected chi connectivity index (χ3v) is 3.77. The highest BCUT2D eigenvalue weighted by Gasteiger charge is 2.14. The van der Waals surface area contributed by atoms with Crippen molar-refractivity contribution in [2.45, 2.75) is 6.92 Å². The second-order valence-corrected chi connectivity index (χ2v) is 5.70. The molecule has 27 heavy (non-hydrogen) atoms. The quantitative estimate of drug-likeness (QED) is 0.692. The van der Waals surface area contributed by atoms with Gasteiger partial charge in [-0.3, -0.25) is 4.79 Å². The zero-order valence-electron chi connectivity index (χ0n) is 15.3. The van der Waals surface area contributed by atoms with Gasteiger partial charge in [0.15, 0.2) is 0 Å². The van der Waals surface area contributed by atoms with Crippen LogP contribution in [0.25, 0.3) is 0 Å². The summed E-state index contributed by atoms with van der Waals surface area (Å²) in [6.07, 6.45) is 0. The number of hydrogen-bond donors (Lipinski definition) is 2. The van der Waals surface area contributed by atoms with Crippen LogP contribution in [0.5, 0.6) is 11.5 Å². The normalized spacial score (nSPS) is 10.2. The Morgan fingerprint density at radius 3 is 2.44 bits per heavy atom. The summed E-state index contributed by atoms with van der Waals surface area (Å²) >= 11 is 0. The number of aromatic nitrogens is 2. The number of nitrogens with one attached hydrogen (secondary N) is 2. The number of carbonyl (C=O) groups is 1. The minimum atomic E-state index is -0.361. The van der Waals surface area contributed by atoms with Crippen LogP contribution in [0.1, 0.15) is 16.3 Å². The fourth-order valence-corrected chi connectivity index (χ4v) is 2.51. The number of ether oxygens (including phenoxy) is 2. The summed E-state index contributed by atoms with van der Waals surface area (Å²) in [5.74, 6) is 1.80. The van der Waals surface area contributed by atoms with Gasteiger partial charge in [-0.1, -0.05) is 18.2 Å². The summed E-state index contributed by atoms with van der Waals surface area (Å²) in [5, 5.41) is 5.98. The first kappa shape index (κ1) is 18.2. The monoisotopic (exact) mass is 364 g/mol. The molecule has 0 aliphatic rings. The highest BCUT2D eigenvalue weighted by atomic mass is 16.5. The number of methoxy groups -OCH3 is 2. The number of amides is 1. The van der Waals surface area contributed by atoms with E-state index in [0.29, 0.717) is 28.8 Å². The Morgan fingerprint density at radius 1 is 0.963 bits per heavy atom. The van der Waals surface area contributed by atoms with Crippen molar-refractivity contribution in [3.8, 4) is 11.5 Å². The maximum atomic E-state index is 12.7. The Kier molecular flexibility index (Phi) is 5.51. The van der Waals surface area contributed by atoms with Crippen molar-refractivity contribution in [1.29, 1.82) is 0 Å². The Labute approximate surface area is 157 Å². The Balaban J connectivity index is 1.83. The molecule has 3 rings (SSSR count). The van der Waals surface area contributed by atoms with Gasteiger partial charge in [0.05, 0.1) is 19.9 Å². The average Bonchev–Trinajstić information content (AvgIpc) is 2.68. The lowest BCUT2D eigenvalue weighted by molar-refractivity contribution is 0.102. The zero-order valence-corrected chi connectivity index (χ0v) is 15.3. The third-order valence-electron chi connectivity index (χ3n) is 3.77. The van der Waals surface area contributed by atoms with Gasteiger partial charge >= 0.3 is 0 Å². The molecule has 7 heteroatoms. The molecule has 1 heterocycles. The summed E-state index contributed by atoms with van der Waals surface area (Å²) in [5.41, 5.74) is 1.65. The van der Waals surface area contributed by atoms with E-state index in [2.05, 4.69) is 20.6 Å². The van der Waals surface area contributed by atoms with Crippen LogP contribution in [0.3, 0.4) is 0 Å². The molecule has 0 fully saturated rings. The van der Waals surface area contributed by atoms with E-state index >= 15 is 0 Å². The van der Waals surface area contributed by atoms with Crippen LogP contribution in [0, 0.1) is 6.92 Å². The van der Waals surface area contributed by atoms with Gasteiger partial charge in [0, 0.05) is 17.8 Å². The second kappa shape index (κ2) is 8.18. The third kappa shape index (κ3) is 4.52. The number of anilines is 3. The zero-order chi connectivity index (χ0) is 19.2. The molecule has 0 spiro atoms. The maximum absolute atomic E-state index is 12.7. The summed E-state index contributed by atoms with van der Waals surface area (Å²) in [6, 6.07) is 16.4. The molecule has 0 bridgehead atoms. The number of hydrogen-bond acceptors (Lipinski definition) is 6. The first-order valence-electron chi connectivity index (χ1n) is 8.30. The van der Waals surface area contributed by atoms with Crippen LogP contribution < -0.4 is 20.1 Å². The van der Waals surface area contributed by atoms with E-state index in [4.69, 9.17) is 9.47 Å². The molecule has 3 aromatic rings. The van der Waals surface area contributed by atoms with E-state index in [0.717, 1.165) is 5.69 Å². The van der Waals surface area contributed by atoms with E-state index in [1.807, 2.05) is 30.3 Å². The standard InChI is InChI=1S/C20H20N4O3/c1-13-21-17(12-19(22-13)23-14-7-5-4-6-8-14)20(25)24-16-10-9-15(26-2)11-18(16)27-3/h4-12H,1-3H3,(H,24,25)(H,21,22,23). The molecule has 1 amide bonds. The smallest absolute Gasteiger partial charge is 0.274 e. The van der Waals surface area contributed by atoms with Crippen molar-refractivity contribution in [1.82, 2.24) is 9.97 Å². The highest BCUT2D eigenvalue weighted by Crippen LogP contribution is 2.29. The number of aryl methyl sites for hydroxylation is 1. The fraction of sp³-hybridized carbons (Fsp3) is 0.150. The van der Waals surface area contributed by atoms with Gasteiger partial charge < -0.3 is 20.1 Å². The first-order valence-corrected chi connectivity index (χ1v) is 8.30. The lowest BCUT2D eigenvalue weighted by atomic mass is 10.2. The second-order valence-electron chi connectivity index (χ2n) is 5.70. The number of para-hydroxylation sites is 1. The molecule has 2 N–H and O–H groups in total. The highest BCUT2D eigenvalue weighted by molar-refractivity contribution is 6.04. The van der Waals surface area contributed by atoms with Crippen molar-refractivity contribution in [2.24, 2.45) is 0 Å². The van der Waals surface area contributed by atoms with Crippen LogP contribution in [-0.2, 0) is 0 Å². The Morgan fingerprint density at radius 2 is 1.74 bits per heavy atom. The lowest BCUT2D eigenvalue weighted by Gasteiger charge is -2.12. The number of benzene rings is 2. The molecule has 138 valence electrons. The van der Waals surface area contributed by atoms with E-state index < -0.39 is 0 Å². The number of carbonyl (C=O) groups excluding carboxylic acids is 1. The summed E-state index contributed by atoms with van der Waals surface area (Å²) in [6.45, 7) is 1.74. The molecule has 0 unspecified atom stereocenters. The van der Waals surface area contributed by atoms with Crippen LogP contribution >= 0.6 is 0 Å². The van der Waals surface area contributed by atoms with Crippen molar-refractivity contribution < 1.29 is 14.3 Å². The summed E-state index contributed by atoms with van der Waals surface area (Å²) in [7, 11) is 3.10. The van der Waals surface area contributed by atoms with Gasteiger partial charge in [-0.2, -0.15) is 0 Å². The summed E-state index contributed by atoms with van der Waals surface area (Å²) < 4.78 is 10.5. The van der Waals surface area contributed by atoms with Crippen molar-refractivity contribution in [3.63, 3.8) is 0 Å². The van der Waals surface area contributed by atoms with Gasteiger partial charge in [-0.05, 0) is 31.2 Å². The van der Waals surface area contributed by atoms with Gasteiger partial charge in [-0.25, -0.2) is 9.97 Å². The van der Waals surface area contributed by atoms with Gasteiger partial charge in [-0.15, -0.1) is 0 Å². The van der Waals surface area contributed by atoms with E-state index in [1.165, 1.54) is 7.11 Å². The molecule has 0 saturated heterocycles. The van der Waals surface area contributed by atoms with E-state index in [-0.39, 0.29) is 11.6 Å². The van der Waals surface area contributed by atoms with Gasteiger partial charge in [0.25, 0.3) is 5.91 Å². The molecule has 0 aliphatic heterocycles. The Hall–Kier alpha value is -3.61. The average molecular weight is 364 g/mol. The number of rotatable bonds is 6. The number of nitrogens with zero attached hydrogens (tertiary/aromatic N) is 2. The van der Waals surface area contributed by atoms with Gasteiger partial charge in [0.2, 0.25) is 0 Å². The van der Waals surface area contributed by atoms with Crippen LogP contribution in [0.2, 0.25) is 0 Å². The molecular formula is C20H20N4O3. The molecule has 1 aromatic heterocycles. The first-order chi connectivity index (χ1) is 13.1. The maximum Gasteiger partial charge on any atom is 0.274 e. The largest absolute Gasteiger partial charge is 0.497 e. The SMILES string of the molecule is COc1ccc(NC(=O)c2cc(Nc3ccccc3)nc(C)n2)c(OC)c1. The molecule has 0 aliphatic carbocycles. The summed E-state index contributed by atoms with van der Waals surface area (Å²) in [4.78, 5) is 21.2.